The zero-order chi connectivity index (χ0) is 15.4. The van der Waals surface area contributed by atoms with Crippen LogP contribution in [-0.2, 0) is 0 Å². The fraction of sp³-hybridized carbons (Fsp3) is 0.214. The normalized spacial score (nSPS) is 11.9. The number of hydrogen-bond acceptors (Lipinski definition) is 3. The minimum absolute atomic E-state index is 0.136. The number of hydrogen-bond donors (Lipinski definition) is 3. The standard InChI is InChI=1S/C14H14ClN3O3/c1-2-10(8-4-3-5-9(15)6-8)18-13(19)11-12(14(20)21)17-7-16-11/h3-7,10H,2H2,1H3,(H,16,17)(H,18,19)(H,20,21). The zero-order valence-corrected chi connectivity index (χ0v) is 12.0. The monoisotopic (exact) mass is 307 g/mol. The summed E-state index contributed by atoms with van der Waals surface area (Å²) in [6, 6.07) is 6.89. The number of carboxylic acid groups (broad SMARTS) is 1. The van der Waals surface area contributed by atoms with Crippen LogP contribution in [0.2, 0.25) is 5.02 Å². The number of nitrogens with zero attached hydrogens (tertiary/aromatic N) is 1. The number of amides is 1. The Morgan fingerprint density at radius 2 is 2.24 bits per heavy atom. The SMILES string of the molecule is CCC(NC(=O)c1nc[nH]c1C(=O)O)c1cccc(Cl)c1. The first kappa shape index (κ1) is 15.1. The summed E-state index contributed by atoms with van der Waals surface area (Å²) >= 11 is 5.94. The summed E-state index contributed by atoms with van der Waals surface area (Å²) in [6.07, 6.45) is 1.82. The van der Waals surface area contributed by atoms with Gasteiger partial charge in [0.15, 0.2) is 11.4 Å². The van der Waals surface area contributed by atoms with Gasteiger partial charge in [0.25, 0.3) is 5.91 Å². The van der Waals surface area contributed by atoms with Crippen molar-refractivity contribution in [3.8, 4) is 0 Å². The van der Waals surface area contributed by atoms with Crippen LogP contribution < -0.4 is 5.32 Å². The minimum Gasteiger partial charge on any atom is -0.477 e. The maximum absolute atomic E-state index is 12.2. The molecule has 21 heavy (non-hydrogen) atoms. The predicted molar refractivity (Wildman–Crippen MR) is 77.5 cm³/mol. The van der Waals surface area contributed by atoms with E-state index in [1.165, 1.54) is 6.33 Å². The fourth-order valence-electron chi connectivity index (χ4n) is 2.00. The smallest absolute Gasteiger partial charge is 0.354 e. The molecule has 1 unspecified atom stereocenters. The number of halogens is 1. The first-order valence-electron chi connectivity index (χ1n) is 6.36. The van der Waals surface area contributed by atoms with Gasteiger partial charge in [0.1, 0.15) is 0 Å². The molecule has 1 heterocycles. The molecule has 1 aromatic heterocycles. The highest BCUT2D eigenvalue weighted by atomic mass is 35.5. The summed E-state index contributed by atoms with van der Waals surface area (Å²) < 4.78 is 0. The maximum atomic E-state index is 12.2. The molecule has 0 saturated heterocycles. The van der Waals surface area contributed by atoms with Gasteiger partial charge < -0.3 is 15.4 Å². The Kier molecular flexibility index (Phi) is 4.59. The molecule has 2 aromatic rings. The van der Waals surface area contributed by atoms with Crippen LogP contribution in [0, 0.1) is 0 Å². The van der Waals surface area contributed by atoms with Crippen LogP contribution in [-0.4, -0.2) is 27.0 Å². The molecule has 0 spiro atoms. The van der Waals surface area contributed by atoms with Gasteiger partial charge in [-0.3, -0.25) is 4.79 Å². The van der Waals surface area contributed by atoms with Gasteiger partial charge in [-0.15, -0.1) is 0 Å². The average molecular weight is 308 g/mol. The van der Waals surface area contributed by atoms with Crippen molar-refractivity contribution >= 4 is 23.5 Å². The van der Waals surface area contributed by atoms with Gasteiger partial charge in [0.05, 0.1) is 12.4 Å². The molecule has 0 bridgehead atoms. The van der Waals surface area contributed by atoms with Crippen LogP contribution in [0.1, 0.15) is 45.9 Å². The second kappa shape index (κ2) is 6.41. The number of imidazole rings is 1. The molecule has 0 aliphatic heterocycles. The molecular weight excluding hydrogens is 294 g/mol. The Hall–Kier alpha value is -2.34. The second-order valence-electron chi connectivity index (χ2n) is 4.42. The fourth-order valence-corrected chi connectivity index (χ4v) is 2.20. The lowest BCUT2D eigenvalue weighted by molar-refractivity contribution is 0.0684. The molecular formula is C14H14ClN3O3. The van der Waals surface area contributed by atoms with Gasteiger partial charge in [0, 0.05) is 5.02 Å². The van der Waals surface area contributed by atoms with E-state index in [9.17, 15) is 9.59 Å². The highest BCUT2D eigenvalue weighted by Gasteiger charge is 2.22. The Morgan fingerprint density at radius 3 is 2.86 bits per heavy atom. The molecule has 6 nitrogen and oxygen atoms in total. The number of H-pyrrole nitrogens is 1. The number of nitrogens with one attached hydrogen (secondary N) is 2. The van der Waals surface area contributed by atoms with E-state index < -0.39 is 11.9 Å². The van der Waals surface area contributed by atoms with Crippen molar-refractivity contribution in [2.45, 2.75) is 19.4 Å². The third-order valence-corrected chi connectivity index (χ3v) is 3.27. The minimum atomic E-state index is -1.23. The Labute approximate surface area is 126 Å². The second-order valence-corrected chi connectivity index (χ2v) is 4.86. The van der Waals surface area contributed by atoms with Crippen LogP contribution in [0.3, 0.4) is 0 Å². The summed E-state index contributed by atoms with van der Waals surface area (Å²) in [5.41, 5.74) is 0.488. The van der Waals surface area contributed by atoms with Crippen molar-refractivity contribution in [3.05, 3.63) is 52.6 Å². The number of aromatic amines is 1. The van der Waals surface area contributed by atoms with Crippen molar-refractivity contribution in [1.29, 1.82) is 0 Å². The van der Waals surface area contributed by atoms with Crippen LogP contribution in [0.15, 0.2) is 30.6 Å². The predicted octanol–water partition coefficient (Wildman–Crippen LogP) is 2.64. The van der Waals surface area contributed by atoms with Crippen molar-refractivity contribution in [3.63, 3.8) is 0 Å². The van der Waals surface area contributed by atoms with Crippen molar-refractivity contribution in [1.82, 2.24) is 15.3 Å². The molecule has 0 fully saturated rings. The van der Waals surface area contributed by atoms with Crippen molar-refractivity contribution in [2.24, 2.45) is 0 Å². The summed E-state index contributed by atoms with van der Waals surface area (Å²) in [5, 5.41) is 12.3. The maximum Gasteiger partial charge on any atom is 0.354 e. The van der Waals surface area contributed by atoms with E-state index in [1.807, 2.05) is 13.0 Å². The first-order valence-corrected chi connectivity index (χ1v) is 6.73. The molecule has 0 aliphatic carbocycles. The lowest BCUT2D eigenvalue weighted by Crippen LogP contribution is -2.29. The molecule has 0 aliphatic rings. The molecule has 2 rings (SSSR count). The van der Waals surface area contributed by atoms with E-state index in [-0.39, 0.29) is 17.4 Å². The highest BCUT2D eigenvalue weighted by molar-refractivity contribution is 6.30. The van der Waals surface area contributed by atoms with Gasteiger partial charge in [-0.05, 0) is 24.1 Å². The van der Waals surface area contributed by atoms with E-state index in [0.29, 0.717) is 11.4 Å². The van der Waals surface area contributed by atoms with Gasteiger partial charge in [-0.2, -0.15) is 0 Å². The zero-order valence-electron chi connectivity index (χ0n) is 11.3. The number of benzene rings is 1. The van der Waals surface area contributed by atoms with Gasteiger partial charge >= 0.3 is 5.97 Å². The lowest BCUT2D eigenvalue weighted by atomic mass is 10.0. The van der Waals surface area contributed by atoms with Crippen molar-refractivity contribution < 1.29 is 14.7 Å². The Bertz CT molecular complexity index is 669. The van der Waals surface area contributed by atoms with Crippen LogP contribution in [0.4, 0.5) is 0 Å². The summed E-state index contributed by atoms with van der Waals surface area (Å²) in [6.45, 7) is 1.91. The Morgan fingerprint density at radius 1 is 1.48 bits per heavy atom. The quantitative estimate of drug-likeness (QED) is 0.791. The van der Waals surface area contributed by atoms with Gasteiger partial charge in [-0.1, -0.05) is 30.7 Å². The van der Waals surface area contributed by atoms with E-state index in [1.54, 1.807) is 18.2 Å². The van der Waals surface area contributed by atoms with E-state index in [4.69, 9.17) is 16.7 Å². The molecule has 0 saturated carbocycles. The number of carbonyl (C=O) groups is 2. The van der Waals surface area contributed by atoms with Crippen LogP contribution >= 0.6 is 11.6 Å². The first-order chi connectivity index (χ1) is 10.0. The number of carbonyl (C=O) groups excluding carboxylic acids is 1. The Balaban J connectivity index is 2.20. The van der Waals surface area contributed by atoms with E-state index in [0.717, 1.165) is 5.56 Å². The third kappa shape index (κ3) is 3.41. The molecule has 3 N–H and O–H groups in total. The van der Waals surface area contributed by atoms with Gasteiger partial charge in [-0.25, -0.2) is 9.78 Å². The molecule has 110 valence electrons. The summed E-state index contributed by atoms with van der Waals surface area (Å²) in [5.74, 6) is -1.77. The average Bonchev–Trinajstić information content (AvgIpc) is 2.94. The van der Waals surface area contributed by atoms with Crippen LogP contribution in [0.5, 0.6) is 0 Å². The largest absolute Gasteiger partial charge is 0.477 e. The number of carboxylic acids is 1. The molecule has 0 radical (unpaired) electrons. The van der Waals surface area contributed by atoms with E-state index >= 15 is 0 Å². The molecule has 1 amide bonds. The number of aromatic carboxylic acids is 1. The number of rotatable bonds is 5. The molecule has 1 aromatic carbocycles. The van der Waals surface area contributed by atoms with Crippen molar-refractivity contribution in [2.75, 3.05) is 0 Å². The van der Waals surface area contributed by atoms with E-state index in [2.05, 4.69) is 15.3 Å². The molecule has 1 atom stereocenters. The van der Waals surface area contributed by atoms with Crippen LogP contribution in [0.25, 0.3) is 0 Å². The molecule has 7 heteroatoms. The van der Waals surface area contributed by atoms with Gasteiger partial charge in [0.2, 0.25) is 0 Å². The highest BCUT2D eigenvalue weighted by Crippen LogP contribution is 2.21. The summed E-state index contributed by atoms with van der Waals surface area (Å²) in [4.78, 5) is 29.4. The number of aromatic nitrogens is 2. The topological polar surface area (TPSA) is 95.1 Å². The summed E-state index contributed by atoms with van der Waals surface area (Å²) in [7, 11) is 0. The lowest BCUT2D eigenvalue weighted by Gasteiger charge is -2.17. The third-order valence-electron chi connectivity index (χ3n) is 3.03.